The van der Waals surface area contributed by atoms with Gasteiger partial charge in [0.2, 0.25) is 0 Å². The summed E-state index contributed by atoms with van der Waals surface area (Å²) in [5, 5.41) is 10.3. The Morgan fingerprint density at radius 2 is 1.82 bits per heavy atom. The van der Waals surface area contributed by atoms with Crippen molar-refractivity contribution in [2.45, 2.75) is 6.43 Å². The van der Waals surface area contributed by atoms with Gasteiger partial charge in [-0.25, -0.2) is 23.5 Å². The number of alkyl halides is 2. The van der Waals surface area contributed by atoms with Crippen molar-refractivity contribution < 1.29 is 18.7 Å². The maximum Gasteiger partial charge on any atom is 0.410 e. The Labute approximate surface area is 94.1 Å². The van der Waals surface area contributed by atoms with Crippen molar-refractivity contribution in [3.05, 3.63) is 30.0 Å². The zero-order valence-electron chi connectivity index (χ0n) is 8.39. The van der Waals surface area contributed by atoms with E-state index in [-0.39, 0.29) is 0 Å². The molecule has 7 heteroatoms. The molecule has 2 N–H and O–H groups in total. The molecule has 0 unspecified atom stereocenters. The minimum atomic E-state index is -2.89. The minimum absolute atomic E-state index is 0.290. The average Bonchev–Trinajstić information content (AvgIpc) is 2.27. The smallest absolute Gasteiger partial charge is 0.410 e. The topological polar surface area (TPSA) is 75.1 Å². The van der Waals surface area contributed by atoms with E-state index < -0.39 is 24.0 Å². The molecule has 88 valence electrons. The first-order valence-electron chi connectivity index (χ1n) is 4.62. The molecular formula is C10H7F2N3O2. The molecule has 1 aromatic carbocycles. The fourth-order valence-electron chi connectivity index (χ4n) is 1.36. The number of hydrogen-bond donors (Lipinski definition) is 2. The molecule has 0 saturated heterocycles. The molecular weight excluding hydrogens is 232 g/mol. The van der Waals surface area contributed by atoms with E-state index in [0.29, 0.717) is 11.0 Å². The van der Waals surface area contributed by atoms with Crippen molar-refractivity contribution in [3.63, 3.8) is 0 Å². The van der Waals surface area contributed by atoms with Gasteiger partial charge in [0.25, 0.3) is 6.43 Å². The van der Waals surface area contributed by atoms with Crippen LogP contribution in [0, 0.1) is 0 Å². The van der Waals surface area contributed by atoms with Gasteiger partial charge in [-0.1, -0.05) is 12.1 Å². The van der Waals surface area contributed by atoms with Gasteiger partial charge in [0.15, 0.2) is 5.82 Å². The van der Waals surface area contributed by atoms with E-state index in [0.717, 1.165) is 0 Å². The van der Waals surface area contributed by atoms with Crippen LogP contribution in [0.3, 0.4) is 0 Å². The second-order valence-electron chi connectivity index (χ2n) is 3.18. The predicted octanol–water partition coefficient (Wildman–Crippen LogP) is 2.66. The molecule has 0 radical (unpaired) electrons. The quantitative estimate of drug-likeness (QED) is 0.844. The van der Waals surface area contributed by atoms with Crippen LogP contribution in [0.4, 0.5) is 19.4 Å². The summed E-state index contributed by atoms with van der Waals surface area (Å²) in [5.41, 5.74) is -0.0366. The lowest BCUT2D eigenvalue weighted by molar-refractivity contribution is 0.147. The summed E-state index contributed by atoms with van der Waals surface area (Å²) in [5.74, 6) is -0.439. The van der Waals surface area contributed by atoms with Crippen molar-refractivity contribution >= 4 is 22.9 Å². The summed E-state index contributed by atoms with van der Waals surface area (Å²) in [6.07, 6.45) is -4.36. The van der Waals surface area contributed by atoms with Crippen LogP contribution in [-0.2, 0) is 0 Å². The van der Waals surface area contributed by atoms with Crippen LogP contribution in [-0.4, -0.2) is 21.2 Å². The first-order valence-corrected chi connectivity index (χ1v) is 4.62. The number of aromatic nitrogens is 2. The van der Waals surface area contributed by atoms with Crippen LogP contribution in [0.2, 0.25) is 0 Å². The van der Waals surface area contributed by atoms with Crippen LogP contribution in [0.25, 0.3) is 11.0 Å². The third kappa shape index (κ3) is 2.27. The van der Waals surface area contributed by atoms with E-state index in [1.165, 1.54) is 6.07 Å². The van der Waals surface area contributed by atoms with Crippen molar-refractivity contribution in [3.8, 4) is 0 Å². The van der Waals surface area contributed by atoms with Gasteiger partial charge < -0.3 is 5.11 Å². The van der Waals surface area contributed by atoms with Crippen LogP contribution in [0.5, 0.6) is 0 Å². The fourth-order valence-corrected chi connectivity index (χ4v) is 1.36. The van der Waals surface area contributed by atoms with Crippen LogP contribution in [0.15, 0.2) is 24.3 Å². The molecule has 17 heavy (non-hydrogen) atoms. The summed E-state index contributed by atoms with van der Waals surface area (Å²) >= 11 is 0. The number of carboxylic acid groups (broad SMARTS) is 1. The largest absolute Gasteiger partial charge is 0.465 e. The van der Waals surface area contributed by atoms with Crippen molar-refractivity contribution in [2.75, 3.05) is 5.32 Å². The maximum absolute atomic E-state index is 12.7. The lowest BCUT2D eigenvalue weighted by Gasteiger charge is -2.08. The molecule has 0 aliphatic carbocycles. The standard InChI is InChI=1S/C10H7F2N3O2/c11-8(12)7-9(15-10(16)17)14-6-4-2-1-3-5(6)13-7/h1-4,8H,(H,14,15)(H,16,17). The third-order valence-corrected chi connectivity index (χ3v) is 2.03. The molecule has 0 bridgehead atoms. The highest BCUT2D eigenvalue weighted by Crippen LogP contribution is 2.25. The molecule has 0 atom stereocenters. The molecule has 0 aliphatic heterocycles. The van der Waals surface area contributed by atoms with Gasteiger partial charge in [-0.15, -0.1) is 0 Å². The molecule has 1 heterocycles. The average molecular weight is 239 g/mol. The summed E-state index contributed by atoms with van der Waals surface area (Å²) in [7, 11) is 0. The first kappa shape index (κ1) is 11.2. The Morgan fingerprint density at radius 3 is 2.35 bits per heavy atom. The zero-order chi connectivity index (χ0) is 12.4. The Kier molecular flexibility index (Phi) is 2.82. The number of nitrogens with zero attached hydrogens (tertiary/aromatic N) is 2. The van der Waals surface area contributed by atoms with Crippen molar-refractivity contribution in [1.82, 2.24) is 9.97 Å². The molecule has 2 rings (SSSR count). The van der Waals surface area contributed by atoms with Crippen LogP contribution >= 0.6 is 0 Å². The van der Waals surface area contributed by atoms with E-state index in [1.807, 2.05) is 5.32 Å². The number of hydrogen-bond acceptors (Lipinski definition) is 3. The lowest BCUT2D eigenvalue weighted by Crippen LogP contribution is -2.12. The lowest BCUT2D eigenvalue weighted by atomic mass is 10.3. The van der Waals surface area contributed by atoms with E-state index in [9.17, 15) is 13.6 Å². The Balaban J connectivity index is 2.61. The SMILES string of the molecule is O=C(O)Nc1nc2ccccc2nc1C(F)F. The van der Waals surface area contributed by atoms with E-state index in [1.54, 1.807) is 18.2 Å². The summed E-state index contributed by atoms with van der Waals surface area (Å²) < 4.78 is 25.3. The monoisotopic (exact) mass is 239 g/mol. The van der Waals surface area contributed by atoms with Gasteiger partial charge in [-0.05, 0) is 12.1 Å². The number of para-hydroxylation sites is 2. The second kappa shape index (κ2) is 4.28. The number of fused-ring (bicyclic) bond motifs is 1. The number of benzene rings is 1. The minimum Gasteiger partial charge on any atom is -0.465 e. The fraction of sp³-hybridized carbons (Fsp3) is 0.100. The number of anilines is 1. The normalized spacial score (nSPS) is 10.8. The summed E-state index contributed by atoms with van der Waals surface area (Å²) in [4.78, 5) is 17.9. The maximum atomic E-state index is 12.7. The highest BCUT2D eigenvalue weighted by atomic mass is 19.3. The summed E-state index contributed by atoms with van der Waals surface area (Å²) in [6.45, 7) is 0. The van der Waals surface area contributed by atoms with Crippen LogP contribution < -0.4 is 5.32 Å². The van der Waals surface area contributed by atoms with E-state index in [2.05, 4.69) is 9.97 Å². The molecule has 0 spiro atoms. The zero-order valence-corrected chi connectivity index (χ0v) is 8.39. The predicted molar refractivity (Wildman–Crippen MR) is 56.1 cm³/mol. The molecule has 2 aromatic rings. The third-order valence-electron chi connectivity index (χ3n) is 2.03. The first-order chi connectivity index (χ1) is 8.08. The molecule has 0 fully saturated rings. The van der Waals surface area contributed by atoms with E-state index in [4.69, 9.17) is 5.11 Å². The number of halogens is 2. The number of rotatable bonds is 2. The molecule has 1 aromatic heterocycles. The van der Waals surface area contributed by atoms with Crippen LogP contribution in [0.1, 0.15) is 12.1 Å². The highest BCUT2D eigenvalue weighted by molar-refractivity contribution is 5.85. The van der Waals surface area contributed by atoms with Gasteiger partial charge in [0, 0.05) is 0 Å². The van der Waals surface area contributed by atoms with Gasteiger partial charge in [0.1, 0.15) is 5.69 Å². The number of amides is 1. The van der Waals surface area contributed by atoms with Gasteiger partial charge in [0.05, 0.1) is 11.0 Å². The van der Waals surface area contributed by atoms with Gasteiger partial charge in [-0.2, -0.15) is 0 Å². The molecule has 5 nitrogen and oxygen atoms in total. The van der Waals surface area contributed by atoms with Gasteiger partial charge >= 0.3 is 6.09 Å². The Hall–Kier alpha value is -2.31. The summed E-state index contributed by atoms with van der Waals surface area (Å²) in [6, 6.07) is 6.38. The van der Waals surface area contributed by atoms with Crippen molar-refractivity contribution in [1.29, 1.82) is 0 Å². The molecule has 0 saturated carbocycles. The highest BCUT2D eigenvalue weighted by Gasteiger charge is 2.19. The van der Waals surface area contributed by atoms with Gasteiger partial charge in [-0.3, -0.25) is 5.32 Å². The Morgan fingerprint density at radius 1 is 1.24 bits per heavy atom. The Bertz CT molecular complexity index is 574. The van der Waals surface area contributed by atoms with E-state index >= 15 is 0 Å². The number of carbonyl (C=O) groups is 1. The molecule has 0 aliphatic rings. The molecule has 1 amide bonds. The second-order valence-corrected chi connectivity index (χ2v) is 3.18. The number of nitrogens with one attached hydrogen (secondary N) is 1. The van der Waals surface area contributed by atoms with Crippen molar-refractivity contribution in [2.24, 2.45) is 0 Å².